The molecule has 0 saturated heterocycles. The number of carbonyl (C=O) groups excluding carboxylic acids is 3. The Bertz CT molecular complexity index is 1140. The van der Waals surface area contributed by atoms with E-state index in [2.05, 4.69) is 20.7 Å². The number of aryl methyl sites for hydroxylation is 1. The predicted octanol–water partition coefficient (Wildman–Crippen LogP) is 2.54. The van der Waals surface area contributed by atoms with E-state index in [1.165, 1.54) is 6.26 Å². The smallest absolute Gasteiger partial charge is 0.325 e. The van der Waals surface area contributed by atoms with Crippen molar-refractivity contribution >= 4 is 17.8 Å². The Balaban J connectivity index is 1.85. The Morgan fingerprint density at radius 1 is 1.17 bits per heavy atom. The van der Waals surface area contributed by atoms with E-state index in [-0.39, 0.29) is 18.9 Å². The van der Waals surface area contributed by atoms with E-state index in [0.29, 0.717) is 18.3 Å². The number of carbonyl (C=O) groups is 3. The van der Waals surface area contributed by atoms with Crippen molar-refractivity contribution in [2.24, 2.45) is 5.92 Å². The molecule has 0 fully saturated rings. The first kappa shape index (κ1) is 26.6. The van der Waals surface area contributed by atoms with E-state index in [1.807, 2.05) is 45.0 Å². The highest BCUT2D eigenvalue weighted by Crippen LogP contribution is 2.23. The van der Waals surface area contributed by atoms with E-state index in [9.17, 15) is 14.4 Å². The Kier molecular flexibility index (Phi) is 9.32. The summed E-state index contributed by atoms with van der Waals surface area (Å²) in [5.41, 5.74) is 1.84. The van der Waals surface area contributed by atoms with Gasteiger partial charge in [-0.25, -0.2) is 0 Å². The van der Waals surface area contributed by atoms with E-state index in [0.717, 1.165) is 27.2 Å². The maximum absolute atomic E-state index is 13.4. The largest absolute Gasteiger partial charge is 0.467 e. The molecule has 0 radical (unpaired) electrons. The van der Waals surface area contributed by atoms with Crippen LogP contribution in [0.15, 0.2) is 47.1 Å². The van der Waals surface area contributed by atoms with Gasteiger partial charge in [0.05, 0.1) is 12.9 Å². The first-order valence-corrected chi connectivity index (χ1v) is 11.9. The molecule has 2 heterocycles. The van der Waals surface area contributed by atoms with Crippen LogP contribution in [0, 0.1) is 12.8 Å². The number of nitrogens with zero attached hydrogens (tertiary/aromatic N) is 5. The maximum atomic E-state index is 13.4. The number of aromatic nitrogens is 4. The van der Waals surface area contributed by atoms with E-state index in [1.54, 1.807) is 19.1 Å². The zero-order valence-corrected chi connectivity index (χ0v) is 21.0. The summed E-state index contributed by atoms with van der Waals surface area (Å²) in [7, 11) is 0. The van der Waals surface area contributed by atoms with Crippen molar-refractivity contribution < 1.29 is 23.5 Å². The molecule has 1 aromatic carbocycles. The second kappa shape index (κ2) is 12.6. The molecule has 0 aliphatic rings. The summed E-state index contributed by atoms with van der Waals surface area (Å²) in [6.45, 7) is 7.49. The second-order valence-electron chi connectivity index (χ2n) is 8.73. The topological polar surface area (TPSA) is 132 Å². The van der Waals surface area contributed by atoms with Crippen LogP contribution in [0.4, 0.5) is 0 Å². The summed E-state index contributed by atoms with van der Waals surface area (Å²) in [5.74, 6) is -0.725. The molecule has 1 N–H and O–H groups in total. The van der Waals surface area contributed by atoms with Gasteiger partial charge in [-0.15, -0.1) is 10.2 Å². The van der Waals surface area contributed by atoms with Crippen molar-refractivity contribution in [2.45, 2.75) is 46.7 Å². The SMILES string of the molecule is CCOC(=O)CN(C(=O)Cn1nnc(-c2ccc(C)cc2)n1)C(C(=O)NCCC(C)C)c1ccco1. The Hall–Kier alpha value is -4.02. The average molecular weight is 497 g/mol. The van der Waals surface area contributed by atoms with Gasteiger partial charge >= 0.3 is 5.97 Å². The fourth-order valence-corrected chi connectivity index (χ4v) is 3.46. The van der Waals surface area contributed by atoms with Crippen molar-refractivity contribution in [1.82, 2.24) is 30.4 Å². The van der Waals surface area contributed by atoms with Crippen LogP contribution in [0.2, 0.25) is 0 Å². The number of rotatable bonds is 12. The average Bonchev–Trinajstić information content (AvgIpc) is 3.52. The number of ether oxygens (including phenoxy) is 1. The van der Waals surface area contributed by atoms with Crippen molar-refractivity contribution in [3.8, 4) is 11.4 Å². The lowest BCUT2D eigenvalue weighted by molar-refractivity contribution is -0.153. The summed E-state index contributed by atoms with van der Waals surface area (Å²) < 4.78 is 10.5. The van der Waals surface area contributed by atoms with Crippen LogP contribution in [0.25, 0.3) is 11.4 Å². The molecule has 0 saturated carbocycles. The third-order valence-electron chi connectivity index (χ3n) is 5.36. The van der Waals surface area contributed by atoms with Crippen LogP contribution in [0.3, 0.4) is 0 Å². The fraction of sp³-hybridized carbons (Fsp3) is 0.440. The summed E-state index contributed by atoms with van der Waals surface area (Å²) in [6, 6.07) is 9.59. The Morgan fingerprint density at radius 3 is 2.56 bits per heavy atom. The molecule has 1 unspecified atom stereocenters. The van der Waals surface area contributed by atoms with E-state index >= 15 is 0 Å². The van der Waals surface area contributed by atoms with Gasteiger partial charge in [-0.2, -0.15) is 4.80 Å². The van der Waals surface area contributed by atoms with Gasteiger partial charge in [0, 0.05) is 12.1 Å². The molecule has 0 bridgehead atoms. The quantitative estimate of drug-likeness (QED) is 0.378. The lowest BCUT2D eigenvalue weighted by Crippen LogP contribution is -2.47. The molecular formula is C25H32N6O5. The highest BCUT2D eigenvalue weighted by molar-refractivity contribution is 5.90. The molecule has 3 rings (SSSR count). The zero-order valence-electron chi connectivity index (χ0n) is 21.0. The summed E-state index contributed by atoms with van der Waals surface area (Å²) in [5, 5.41) is 15.1. The van der Waals surface area contributed by atoms with Gasteiger partial charge in [0.1, 0.15) is 18.8 Å². The van der Waals surface area contributed by atoms with Gasteiger partial charge in [-0.3, -0.25) is 14.4 Å². The molecule has 3 aromatic rings. The van der Waals surface area contributed by atoms with Gasteiger partial charge in [-0.1, -0.05) is 43.7 Å². The molecule has 36 heavy (non-hydrogen) atoms. The fourth-order valence-electron chi connectivity index (χ4n) is 3.46. The van der Waals surface area contributed by atoms with Gasteiger partial charge in [-0.05, 0) is 43.5 Å². The third kappa shape index (κ3) is 7.24. The molecule has 0 spiro atoms. The summed E-state index contributed by atoms with van der Waals surface area (Å²) >= 11 is 0. The van der Waals surface area contributed by atoms with Crippen molar-refractivity contribution in [3.63, 3.8) is 0 Å². The Labute approximate surface area is 209 Å². The van der Waals surface area contributed by atoms with Gasteiger partial charge in [0.2, 0.25) is 11.7 Å². The number of hydrogen-bond acceptors (Lipinski definition) is 8. The second-order valence-corrected chi connectivity index (χ2v) is 8.73. The molecule has 1 atom stereocenters. The van der Waals surface area contributed by atoms with Gasteiger partial charge in [0.15, 0.2) is 6.04 Å². The molecule has 192 valence electrons. The van der Waals surface area contributed by atoms with Crippen molar-refractivity contribution in [3.05, 3.63) is 54.0 Å². The number of nitrogens with one attached hydrogen (secondary N) is 1. The van der Waals surface area contributed by atoms with Crippen LogP contribution < -0.4 is 5.32 Å². The number of esters is 1. The van der Waals surface area contributed by atoms with E-state index in [4.69, 9.17) is 9.15 Å². The molecular weight excluding hydrogens is 464 g/mol. The highest BCUT2D eigenvalue weighted by atomic mass is 16.5. The van der Waals surface area contributed by atoms with Crippen LogP contribution in [0.5, 0.6) is 0 Å². The summed E-state index contributed by atoms with van der Waals surface area (Å²) in [4.78, 5) is 41.3. The number of tetrazole rings is 1. The number of benzene rings is 1. The normalized spacial score (nSPS) is 11.8. The minimum atomic E-state index is -1.18. The number of amides is 2. The van der Waals surface area contributed by atoms with Gasteiger partial charge < -0.3 is 19.4 Å². The number of furan rings is 1. The minimum absolute atomic E-state index is 0.136. The lowest BCUT2D eigenvalue weighted by atomic mass is 10.1. The first-order chi connectivity index (χ1) is 17.3. The molecule has 11 heteroatoms. The van der Waals surface area contributed by atoms with Gasteiger partial charge in [0.25, 0.3) is 5.91 Å². The van der Waals surface area contributed by atoms with E-state index < -0.39 is 30.4 Å². The Morgan fingerprint density at radius 2 is 1.92 bits per heavy atom. The standard InChI is InChI=1S/C25H32N6O5/c1-5-35-22(33)16-30(23(20-7-6-14-36-20)25(34)26-13-12-17(2)3)21(32)15-31-28-24(27-29-31)19-10-8-18(4)9-11-19/h6-11,14,17,23H,5,12-13,15-16H2,1-4H3,(H,26,34). The molecule has 0 aliphatic heterocycles. The molecule has 2 amide bonds. The van der Waals surface area contributed by atoms with Crippen LogP contribution in [-0.2, 0) is 25.7 Å². The van der Waals surface area contributed by atoms with Crippen LogP contribution in [-0.4, -0.2) is 62.6 Å². The summed E-state index contributed by atoms with van der Waals surface area (Å²) in [6.07, 6.45) is 2.16. The monoisotopic (exact) mass is 496 g/mol. The molecule has 11 nitrogen and oxygen atoms in total. The van der Waals surface area contributed by atoms with Crippen LogP contribution in [0.1, 0.15) is 44.6 Å². The maximum Gasteiger partial charge on any atom is 0.325 e. The molecule has 0 aliphatic carbocycles. The lowest BCUT2D eigenvalue weighted by Gasteiger charge is -2.28. The van der Waals surface area contributed by atoms with Crippen molar-refractivity contribution in [2.75, 3.05) is 19.7 Å². The zero-order chi connectivity index (χ0) is 26.1. The third-order valence-corrected chi connectivity index (χ3v) is 5.36. The highest BCUT2D eigenvalue weighted by Gasteiger charge is 2.35. The minimum Gasteiger partial charge on any atom is -0.467 e. The predicted molar refractivity (Wildman–Crippen MR) is 130 cm³/mol. The molecule has 2 aromatic heterocycles. The van der Waals surface area contributed by atoms with Crippen LogP contribution >= 0.6 is 0 Å². The van der Waals surface area contributed by atoms with Crippen molar-refractivity contribution in [1.29, 1.82) is 0 Å². The number of hydrogen-bond donors (Lipinski definition) is 1. The first-order valence-electron chi connectivity index (χ1n) is 11.9.